The number of hydrogen-bond donors (Lipinski definition) is 4. The zero-order chi connectivity index (χ0) is 69.7. The highest BCUT2D eigenvalue weighted by molar-refractivity contribution is 5.88. The Morgan fingerprint density at radius 2 is 0.758 bits per heavy atom. The lowest BCUT2D eigenvalue weighted by Gasteiger charge is -2.44. The Hall–Kier alpha value is -4.37. The molecule has 0 aromatic carbocycles. The van der Waals surface area contributed by atoms with Crippen LogP contribution in [-0.2, 0) is 38.1 Å². The van der Waals surface area contributed by atoms with Gasteiger partial charge in [-0.05, 0) is 242 Å². The molecule has 91 heavy (non-hydrogen) atoms. The summed E-state index contributed by atoms with van der Waals surface area (Å²) in [5.41, 5.74) is -13.1. The quantitative estimate of drug-likeness (QED) is 0.0400. The van der Waals surface area contributed by atoms with Gasteiger partial charge in [0.1, 0.15) is 18.3 Å². The molecule has 0 heterocycles. The third-order valence-electron chi connectivity index (χ3n) is 21.3. The molecule has 522 valence electrons. The van der Waals surface area contributed by atoms with Crippen LogP contribution in [0.1, 0.15) is 171 Å². The molecule has 8 saturated carbocycles. The zero-order valence-corrected chi connectivity index (χ0v) is 52.8. The van der Waals surface area contributed by atoms with Crippen LogP contribution in [0.4, 0.5) is 65.9 Å². The summed E-state index contributed by atoms with van der Waals surface area (Å²) in [6.45, 7) is 23.6. The summed E-state index contributed by atoms with van der Waals surface area (Å²) in [6, 6.07) is 0. The molecule has 17 unspecified atom stereocenters. The van der Waals surface area contributed by atoms with Crippen molar-refractivity contribution in [2.75, 3.05) is 0 Å². The van der Waals surface area contributed by atoms with Crippen LogP contribution in [0.3, 0.4) is 0 Å². The van der Waals surface area contributed by atoms with Crippen LogP contribution in [0.2, 0.25) is 0 Å². The monoisotopic (exact) mass is 1330 g/mol. The smallest absolute Gasteiger partial charge is 0.428 e. The van der Waals surface area contributed by atoms with E-state index in [1.165, 1.54) is 13.8 Å². The van der Waals surface area contributed by atoms with Gasteiger partial charge < -0.3 is 39.4 Å². The van der Waals surface area contributed by atoms with E-state index in [9.17, 15) is 105 Å². The van der Waals surface area contributed by atoms with Crippen molar-refractivity contribution in [3.8, 4) is 0 Å². The summed E-state index contributed by atoms with van der Waals surface area (Å²) in [5, 5.41) is 38.9. The number of aliphatic hydroxyl groups is 4. The summed E-state index contributed by atoms with van der Waals surface area (Å²) in [7, 11) is 0. The van der Waals surface area contributed by atoms with Crippen molar-refractivity contribution in [3.63, 3.8) is 0 Å². The van der Waals surface area contributed by atoms with E-state index in [2.05, 4.69) is 31.1 Å². The molecule has 0 aromatic heterocycles. The maximum atomic E-state index is 13.5. The highest BCUT2D eigenvalue weighted by Crippen LogP contribution is 2.70. The second kappa shape index (κ2) is 27.8. The van der Waals surface area contributed by atoms with Gasteiger partial charge in [-0.15, -0.1) is 0 Å². The maximum absolute atomic E-state index is 13.5. The third kappa shape index (κ3) is 17.4. The molecule has 0 radical (unpaired) electrons. The molecule has 17 atom stereocenters. The Kier molecular flexibility index (Phi) is 23.6. The molecule has 6 bridgehead atoms. The van der Waals surface area contributed by atoms with E-state index >= 15 is 0 Å². The number of halogens is 15. The van der Waals surface area contributed by atoms with E-state index in [0.29, 0.717) is 61.9 Å². The normalized spacial score (nSPS) is 34.2. The van der Waals surface area contributed by atoms with Gasteiger partial charge in [0.2, 0.25) is 5.60 Å². The molecule has 8 fully saturated rings. The van der Waals surface area contributed by atoms with Crippen molar-refractivity contribution < 1.29 is 124 Å². The average Bonchev–Trinajstić information content (AvgIpc) is 1.55. The molecule has 0 spiro atoms. The Morgan fingerprint density at radius 1 is 0.396 bits per heavy atom. The lowest BCUT2D eigenvalue weighted by molar-refractivity contribution is -0.292. The molecule has 8 aliphatic carbocycles. The SMILES string of the molecule is C=C(C)C(=O)OC(C)(C1CCC(C(C)(O)C(F)(F)F)CC1)C(F)(F)F.C=C(C)C(=O)OC1CC2CC(CC(C)(O)C(F)(F)F)C1C2.C=C(C)C(=O)OC1CC2CC1C1C3CC(CC3CC(C)(O)C(F)(F)F)C21.C=C(C)C(=O)OC1CCC(C(C)(O)C(F)(F)F)CC1. The first-order valence-corrected chi connectivity index (χ1v) is 30.8. The number of rotatable bonds is 15. The van der Waals surface area contributed by atoms with Gasteiger partial charge in [-0.2, -0.15) is 65.9 Å². The van der Waals surface area contributed by atoms with Crippen molar-refractivity contribution in [2.45, 2.75) is 249 Å². The molecule has 0 aliphatic heterocycles. The number of alkyl halides is 15. The van der Waals surface area contributed by atoms with Crippen LogP contribution in [0.15, 0.2) is 48.6 Å². The summed E-state index contributed by atoms with van der Waals surface area (Å²) in [5.74, 6) is -3.57. The maximum Gasteiger partial charge on any atom is 0.428 e. The van der Waals surface area contributed by atoms with E-state index in [-0.39, 0.29) is 128 Å². The van der Waals surface area contributed by atoms with Crippen molar-refractivity contribution >= 4 is 23.9 Å². The molecular weight excluding hydrogens is 1250 g/mol. The highest BCUT2D eigenvalue weighted by Gasteiger charge is 2.67. The Labute approximate surface area is 521 Å². The molecular formula is C64H89F15O12. The molecule has 0 saturated heterocycles. The number of carbonyl (C=O) groups excluding carboxylic acids is 4. The molecule has 27 heteroatoms. The van der Waals surface area contributed by atoms with Crippen molar-refractivity contribution in [1.82, 2.24) is 0 Å². The van der Waals surface area contributed by atoms with Crippen LogP contribution in [0.5, 0.6) is 0 Å². The summed E-state index contributed by atoms with van der Waals surface area (Å²) >= 11 is 0. The van der Waals surface area contributed by atoms with Crippen LogP contribution in [-0.4, -0.2) is 122 Å². The van der Waals surface area contributed by atoms with Gasteiger partial charge in [0.25, 0.3) is 0 Å². The molecule has 0 aromatic rings. The third-order valence-corrected chi connectivity index (χ3v) is 21.3. The van der Waals surface area contributed by atoms with E-state index in [4.69, 9.17) is 14.2 Å². The predicted octanol–water partition coefficient (Wildman–Crippen LogP) is 14.9. The average molecular weight is 1340 g/mol. The van der Waals surface area contributed by atoms with Gasteiger partial charge in [-0.25, -0.2) is 19.2 Å². The molecule has 4 N–H and O–H groups in total. The second-order valence-electron chi connectivity index (χ2n) is 28.4. The number of carbonyl (C=O) groups is 4. The first kappa shape index (κ1) is 77.3. The largest absolute Gasteiger partial charge is 0.459 e. The first-order valence-electron chi connectivity index (χ1n) is 30.8. The van der Waals surface area contributed by atoms with Crippen molar-refractivity contribution in [1.29, 1.82) is 0 Å². The predicted molar refractivity (Wildman–Crippen MR) is 300 cm³/mol. The van der Waals surface area contributed by atoms with Gasteiger partial charge in [0.15, 0.2) is 22.4 Å². The van der Waals surface area contributed by atoms with Crippen molar-refractivity contribution in [2.24, 2.45) is 76.9 Å². The fourth-order valence-electron chi connectivity index (χ4n) is 15.9. The van der Waals surface area contributed by atoms with Gasteiger partial charge in [0.05, 0.1) is 0 Å². The minimum absolute atomic E-state index is 0.0882. The van der Waals surface area contributed by atoms with Crippen LogP contribution in [0.25, 0.3) is 0 Å². The minimum atomic E-state index is -4.89. The molecule has 12 nitrogen and oxygen atoms in total. The Morgan fingerprint density at radius 3 is 1.14 bits per heavy atom. The summed E-state index contributed by atoms with van der Waals surface area (Å²) < 4.78 is 216. The van der Waals surface area contributed by atoms with E-state index in [0.717, 1.165) is 59.8 Å². The van der Waals surface area contributed by atoms with E-state index in [1.807, 2.05) is 0 Å². The molecule has 0 amide bonds. The van der Waals surface area contributed by atoms with Gasteiger partial charge in [0, 0.05) is 28.2 Å². The lowest BCUT2D eigenvalue weighted by Crippen LogP contribution is -2.55. The summed E-state index contributed by atoms with van der Waals surface area (Å²) in [4.78, 5) is 46.4. The highest BCUT2D eigenvalue weighted by atomic mass is 19.4. The van der Waals surface area contributed by atoms with Crippen LogP contribution < -0.4 is 0 Å². The topological polar surface area (TPSA) is 186 Å². The van der Waals surface area contributed by atoms with Gasteiger partial charge in [-0.3, -0.25) is 0 Å². The van der Waals surface area contributed by atoms with E-state index < -0.39 is 94.5 Å². The Balaban J connectivity index is 0.000000222. The number of esters is 4. The number of fused-ring (bicyclic) bond motifs is 11. The molecule has 8 rings (SSSR count). The van der Waals surface area contributed by atoms with Gasteiger partial charge >= 0.3 is 54.8 Å². The number of ether oxygens (including phenoxy) is 4. The van der Waals surface area contributed by atoms with Crippen molar-refractivity contribution in [3.05, 3.63) is 48.6 Å². The number of hydrogen-bond acceptors (Lipinski definition) is 12. The fourth-order valence-corrected chi connectivity index (χ4v) is 15.9. The second-order valence-corrected chi connectivity index (χ2v) is 28.4. The summed E-state index contributed by atoms with van der Waals surface area (Å²) in [6.07, 6.45) is -19.2. The first-order chi connectivity index (χ1) is 41.1. The zero-order valence-electron chi connectivity index (χ0n) is 52.8. The van der Waals surface area contributed by atoms with E-state index in [1.54, 1.807) is 13.8 Å². The minimum Gasteiger partial charge on any atom is -0.459 e. The Bertz CT molecular complexity index is 2640. The van der Waals surface area contributed by atoms with Gasteiger partial charge in [-0.1, -0.05) is 26.3 Å². The standard InChI is InChI=1S/C20H27F3O3.C16H22F6O3.C15H21F3O3.C13H19F3O3/c1-9(2)18(24)26-15-7-11-6-14(15)17-13-5-10(16(11)17)4-12(13)8-19(3,25)20(21,22)23;1-9(2)12(23)25-14(4,16(20,21)22)11-7-5-10(6-8-11)13(3,24)15(17,18)19;1-8(2)13(19)21-12-6-9-4-10(11(12)5-9)7-14(3,20)15(16,17)18;1-8(2)11(17)19-10-6-4-9(5-7-10)12(3,18)13(14,15)16/h10-17,25H,1,4-8H2,2-3H3;10-11,24H,1,5-8H2,2-4H3;9-12,20H,1,4-7H2,2-3H3;9-10,18H,1,4-7H2,2-3H3. The van der Waals surface area contributed by atoms with Crippen LogP contribution >= 0.6 is 0 Å². The fraction of sp³-hybridized carbons (Fsp3) is 0.812. The molecule has 8 aliphatic rings. The van der Waals surface area contributed by atoms with Crippen LogP contribution in [0, 0.1) is 76.9 Å². The lowest BCUT2D eigenvalue weighted by atomic mass is 9.65.